The summed E-state index contributed by atoms with van der Waals surface area (Å²) in [5, 5.41) is 5.17. The van der Waals surface area contributed by atoms with E-state index in [0.717, 1.165) is 4.90 Å². The van der Waals surface area contributed by atoms with Crippen LogP contribution in [0.15, 0.2) is 24.3 Å². The van der Waals surface area contributed by atoms with Gasteiger partial charge in [0.2, 0.25) is 23.6 Å². The first-order valence-electron chi connectivity index (χ1n) is 8.02. The second-order valence-corrected chi connectivity index (χ2v) is 5.50. The Kier molecular flexibility index (Phi) is 6.74. The van der Waals surface area contributed by atoms with Gasteiger partial charge in [0.25, 0.3) is 0 Å². The van der Waals surface area contributed by atoms with Crippen molar-refractivity contribution in [3.63, 3.8) is 0 Å². The molecule has 1 aliphatic rings. The molecule has 1 aliphatic heterocycles. The highest BCUT2D eigenvalue weighted by atomic mass is 16.5. The summed E-state index contributed by atoms with van der Waals surface area (Å²) in [7, 11) is 0. The molecule has 1 aromatic rings. The van der Waals surface area contributed by atoms with Crippen LogP contribution in [0.25, 0.3) is 0 Å². The van der Waals surface area contributed by atoms with E-state index in [1.807, 2.05) is 0 Å². The topological polar surface area (TPSA) is 105 Å². The van der Waals surface area contributed by atoms with Crippen molar-refractivity contribution in [2.45, 2.75) is 19.8 Å². The van der Waals surface area contributed by atoms with Crippen LogP contribution in [0.2, 0.25) is 0 Å². The number of amides is 4. The van der Waals surface area contributed by atoms with Gasteiger partial charge in [-0.25, -0.2) is 0 Å². The number of carbonyl (C=O) groups is 4. The van der Waals surface area contributed by atoms with E-state index in [1.165, 1.54) is 6.92 Å². The fourth-order valence-electron chi connectivity index (χ4n) is 2.24. The molecule has 1 aromatic carbocycles. The van der Waals surface area contributed by atoms with E-state index in [4.69, 9.17) is 4.74 Å². The molecule has 0 atom stereocenters. The molecule has 2 N–H and O–H groups in total. The Morgan fingerprint density at radius 1 is 1.19 bits per heavy atom. The summed E-state index contributed by atoms with van der Waals surface area (Å²) >= 11 is 0. The van der Waals surface area contributed by atoms with Gasteiger partial charge in [-0.3, -0.25) is 24.1 Å². The SMILES string of the molecule is CC(=O)Nc1cccc(OCC#CCNC(=O)CN2C(=O)CCC2=O)c1. The highest BCUT2D eigenvalue weighted by Crippen LogP contribution is 2.17. The Bertz CT molecular complexity index is 763. The smallest absolute Gasteiger partial charge is 0.240 e. The molecular weight excluding hydrogens is 338 g/mol. The normalized spacial score (nSPS) is 13.0. The molecular formula is C18H19N3O5. The van der Waals surface area contributed by atoms with Gasteiger partial charge in [0.05, 0.1) is 6.54 Å². The van der Waals surface area contributed by atoms with Crippen molar-refractivity contribution in [1.82, 2.24) is 10.2 Å². The predicted molar refractivity (Wildman–Crippen MR) is 93.0 cm³/mol. The van der Waals surface area contributed by atoms with E-state index in [0.29, 0.717) is 11.4 Å². The van der Waals surface area contributed by atoms with E-state index in [1.54, 1.807) is 24.3 Å². The number of likely N-dealkylation sites (tertiary alicyclic amines) is 1. The number of hydrogen-bond donors (Lipinski definition) is 2. The minimum atomic E-state index is -0.438. The maximum absolute atomic E-state index is 11.7. The first-order valence-corrected chi connectivity index (χ1v) is 8.02. The second kappa shape index (κ2) is 9.22. The molecule has 1 heterocycles. The molecule has 8 nitrogen and oxygen atoms in total. The Morgan fingerprint density at radius 2 is 1.92 bits per heavy atom. The molecule has 4 amide bonds. The van der Waals surface area contributed by atoms with Gasteiger partial charge < -0.3 is 15.4 Å². The van der Waals surface area contributed by atoms with Gasteiger partial charge in [0.15, 0.2) is 0 Å². The van der Waals surface area contributed by atoms with Crippen LogP contribution >= 0.6 is 0 Å². The number of carbonyl (C=O) groups excluding carboxylic acids is 4. The Labute approximate surface area is 150 Å². The number of nitrogens with zero attached hydrogens (tertiary/aromatic N) is 1. The fraction of sp³-hybridized carbons (Fsp3) is 0.333. The summed E-state index contributed by atoms with van der Waals surface area (Å²) < 4.78 is 5.44. The first kappa shape index (κ1) is 19.0. The van der Waals surface area contributed by atoms with Gasteiger partial charge in [-0.05, 0) is 12.1 Å². The third-order valence-corrected chi connectivity index (χ3v) is 3.42. The van der Waals surface area contributed by atoms with Crippen LogP contribution < -0.4 is 15.4 Å². The monoisotopic (exact) mass is 357 g/mol. The van der Waals surface area contributed by atoms with Crippen molar-refractivity contribution in [3.8, 4) is 17.6 Å². The summed E-state index contributed by atoms with van der Waals surface area (Å²) in [6.07, 6.45) is 0.318. The minimum Gasteiger partial charge on any atom is -0.481 e. The van der Waals surface area contributed by atoms with Gasteiger partial charge in [-0.15, -0.1) is 0 Å². The van der Waals surface area contributed by atoms with Crippen molar-refractivity contribution in [1.29, 1.82) is 0 Å². The number of anilines is 1. The molecule has 0 saturated carbocycles. The molecule has 0 aromatic heterocycles. The van der Waals surface area contributed by atoms with E-state index in [-0.39, 0.29) is 50.3 Å². The number of imide groups is 1. The minimum absolute atomic E-state index is 0.0876. The maximum atomic E-state index is 11.7. The quantitative estimate of drug-likeness (QED) is 0.563. The van der Waals surface area contributed by atoms with Gasteiger partial charge >= 0.3 is 0 Å². The molecule has 1 fully saturated rings. The van der Waals surface area contributed by atoms with Crippen LogP contribution in [0.4, 0.5) is 5.69 Å². The molecule has 0 aliphatic carbocycles. The highest BCUT2D eigenvalue weighted by molar-refractivity contribution is 6.04. The summed E-state index contributed by atoms with van der Waals surface area (Å²) in [6, 6.07) is 6.90. The van der Waals surface area contributed by atoms with Crippen molar-refractivity contribution < 1.29 is 23.9 Å². The Morgan fingerprint density at radius 3 is 2.62 bits per heavy atom. The maximum Gasteiger partial charge on any atom is 0.240 e. The molecule has 8 heteroatoms. The average Bonchev–Trinajstić information content (AvgIpc) is 2.89. The first-order chi connectivity index (χ1) is 12.5. The van der Waals surface area contributed by atoms with Crippen molar-refractivity contribution in [2.75, 3.05) is 25.0 Å². The van der Waals surface area contributed by atoms with E-state index in [9.17, 15) is 19.2 Å². The standard InChI is InChI=1S/C18H19N3O5/c1-13(22)20-14-5-4-6-15(11-14)26-10-3-2-9-19-16(23)12-21-17(24)7-8-18(21)25/h4-6,11H,7-10,12H2,1H3,(H,19,23)(H,20,22). The third-order valence-electron chi connectivity index (χ3n) is 3.42. The van der Waals surface area contributed by atoms with E-state index in [2.05, 4.69) is 22.5 Å². The lowest BCUT2D eigenvalue weighted by molar-refractivity contribution is -0.142. The van der Waals surface area contributed by atoms with E-state index >= 15 is 0 Å². The fourth-order valence-corrected chi connectivity index (χ4v) is 2.24. The molecule has 0 unspecified atom stereocenters. The zero-order chi connectivity index (χ0) is 18.9. The van der Waals surface area contributed by atoms with Crippen LogP contribution in [0.1, 0.15) is 19.8 Å². The van der Waals surface area contributed by atoms with Gasteiger partial charge in [0, 0.05) is 31.5 Å². The average molecular weight is 357 g/mol. The molecule has 136 valence electrons. The summed E-state index contributed by atoms with van der Waals surface area (Å²) in [6.45, 7) is 1.35. The Hall–Kier alpha value is -3.34. The zero-order valence-corrected chi connectivity index (χ0v) is 14.3. The lowest BCUT2D eigenvalue weighted by atomic mass is 10.3. The van der Waals surface area contributed by atoms with Crippen LogP contribution in [0.5, 0.6) is 5.75 Å². The number of benzene rings is 1. The number of rotatable bonds is 6. The van der Waals surface area contributed by atoms with Crippen molar-refractivity contribution in [3.05, 3.63) is 24.3 Å². The molecule has 26 heavy (non-hydrogen) atoms. The molecule has 1 saturated heterocycles. The van der Waals surface area contributed by atoms with Gasteiger partial charge in [-0.1, -0.05) is 17.9 Å². The molecule has 0 bridgehead atoms. The second-order valence-electron chi connectivity index (χ2n) is 5.50. The molecule has 0 spiro atoms. The largest absolute Gasteiger partial charge is 0.481 e. The van der Waals surface area contributed by atoms with Gasteiger partial charge in [0.1, 0.15) is 18.9 Å². The molecule has 2 rings (SSSR count). The lowest BCUT2D eigenvalue weighted by Gasteiger charge is -2.12. The third kappa shape index (κ3) is 5.94. The highest BCUT2D eigenvalue weighted by Gasteiger charge is 2.30. The van der Waals surface area contributed by atoms with Crippen LogP contribution in [0, 0.1) is 11.8 Å². The van der Waals surface area contributed by atoms with Crippen LogP contribution in [0.3, 0.4) is 0 Å². The lowest BCUT2D eigenvalue weighted by Crippen LogP contribution is -2.40. The number of hydrogen-bond acceptors (Lipinski definition) is 5. The van der Waals surface area contributed by atoms with E-state index < -0.39 is 5.91 Å². The van der Waals surface area contributed by atoms with Crippen molar-refractivity contribution >= 4 is 29.3 Å². The number of ether oxygens (including phenoxy) is 1. The van der Waals surface area contributed by atoms with Crippen molar-refractivity contribution in [2.24, 2.45) is 0 Å². The van der Waals surface area contributed by atoms with Gasteiger partial charge in [-0.2, -0.15) is 0 Å². The number of nitrogens with one attached hydrogen (secondary N) is 2. The summed E-state index contributed by atoms with van der Waals surface area (Å²) in [5.41, 5.74) is 0.626. The zero-order valence-electron chi connectivity index (χ0n) is 14.3. The van der Waals surface area contributed by atoms with Crippen LogP contribution in [-0.2, 0) is 19.2 Å². The Balaban J connectivity index is 1.69. The predicted octanol–water partition coefficient (Wildman–Crippen LogP) is 0.292. The van der Waals surface area contributed by atoms with Crippen LogP contribution in [-0.4, -0.2) is 48.2 Å². The summed E-state index contributed by atoms with van der Waals surface area (Å²) in [5.74, 6) is 4.75. The molecule has 0 radical (unpaired) electrons. The summed E-state index contributed by atoms with van der Waals surface area (Å²) in [4.78, 5) is 46.5.